The number of nitrogens with one attached hydrogen (secondary N) is 1. The maximum Gasteiger partial charge on any atom is 0.231 e. The van der Waals surface area contributed by atoms with Crippen LogP contribution in [0.4, 0.5) is 0 Å². The van der Waals surface area contributed by atoms with Gasteiger partial charge in [-0.15, -0.1) is 0 Å². The topological polar surface area (TPSA) is 33.7 Å². The van der Waals surface area contributed by atoms with Crippen LogP contribution in [0.15, 0.2) is 48.5 Å². The van der Waals surface area contributed by atoms with Gasteiger partial charge in [0.2, 0.25) is 6.79 Å². The molecular weight excluding hydrogens is 276 g/mol. The van der Waals surface area contributed by atoms with Gasteiger partial charge in [-0.25, -0.2) is 0 Å². The van der Waals surface area contributed by atoms with Crippen LogP contribution in [0.3, 0.4) is 0 Å². The molecule has 1 unspecified atom stereocenters. The summed E-state index contributed by atoms with van der Waals surface area (Å²) in [6.45, 7) is 4.49. The van der Waals surface area contributed by atoms with Gasteiger partial charge in [0.25, 0.3) is 0 Å². The third kappa shape index (κ3) is 2.56. The van der Waals surface area contributed by atoms with Crippen molar-refractivity contribution in [2.45, 2.75) is 6.04 Å². The number of benzene rings is 2. The monoisotopic (exact) mass is 296 g/mol. The van der Waals surface area contributed by atoms with E-state index in [0.29, 0.717) is 6.79 Å². The highest BCUT2D eigenvalue weighted by Gasteiger charge is 2.25. The van der Waals surface area contributed by atoms with Crippen molar-refractivity contribution in [1.29, 1.82) is 0 Å². The fourth-order valence-electron chi connectivity index (χ4n) is 3.27. The van der Waals surface area contributed by atoms with E-state index >= 15 is 0 Å². The Morgan fingerprint density at radius 3 is 2.45 bits per heavy atom. The Morgan fingerprint density at radius 1 is 0.864 bits per heavy atom. The van der Waals surface area contributed by atoms with Gasteiger partial charge in [0, 0.05) is 26.2 Å². The van der Waals surface area contributed by atoms with Crippen molar-refractivity contribution in [2.24, 2.45) is 0 Å². The molecule has 2 aromatic rings. The number of fused-ring (bicyclic) bond motifs is 1. The summed E-state index contributed by atoms with van der Waals surface area (Å²) < 4.78 is 11.0. The van der Waals surface area contributed by atoms with E-state index in [-0.39, 0.29) is 6.04 Å². The van der Waals surface area contributed by atoms with Gasteiger partial charge in [-0.3, -0.25) is 4.90 Å². The highest BCUT2D eigenvalue weighted by atomic mass is 16.7. The van der Waals surface area contributed by atoms with Gasteiger partial charge in [0.1, 0.15) is 0 Å². The van der Waals surface area contributed by atoms with Gasteiger partial charge >= 0.3 is 0 Å². The third-order valence-corrected chi connectivity index (χ3v) is 4.34. The first-order valence-electron chi connectivity index (χ1n) is 7.81. The zero-order valence-electron chi connectivity index (χ0n) is 12.5. The summed E-state index contributed by atoms with van der Waals surface area (Å²) in [4.78, 5) is 2.53. The van der Waals surface area contributed by atoms with Gasteiger partial charge in [-0.2, -0.15) is 0 Å². The zero-order chi connectivity index (χ0) is 14.8. The number of rotatable bonds is 3. The molecule has 2 aliphatic rings. The average Bonchev–Trinajstić information content (AvgIpc) is 3.05. The molecule has 4 heteroatoms. The van der Waals surface area contributed by atoms with Crippen LogP contribution in [0.25, 0.3) is 0 Å². The third-order valence-electron chi connectivity index (χ3n) is 4.34. The van der Waals surface area contributed by atoms with E-state index < -0.39 is 0 Å². The summed E-state index contributed by atoms with van der Waals surface area (Å²) in [7, 11) is 0. The summed E-state index contributed by atoms with van der Waals surface area (Å²) >= 11 is 0. The molecule has 0 bridgehead atoms. The summed E-state index contributed by atoms with van der Waals surface area (Å²) in [6, 6.07) is 17.3. The van der Waals surface area contributed by atoms with Gasteiger partial charge in [-0.1, -0.05) is 36.4 Å². The van der Waals surface area contributed by atoms with E-state index in [1.807, 2.05) is 6.07 Å². The molecule has 0 aromatic heterocycles. The zero-order valence-corrected chi connectivity index (χ0v) is 12.5. The predicted octanol–water partition coefficient (Wildman–Crippen LogP) is 2.41. The van der Waals surface area contributed by atoms with E-state index in [9.17, 15) is 0 Å². The number of ether oxygens (including phenoxy) is 2. The molecule has 0 amide bonds. The first kappa shape index (κ1) is 13.6. The van der Waals surface area contributed by atoms with Gasteiger partial charge < -0.3 is 14.8 Å². The lowest BCUT2D eigenvalue weighted by Crippen LogP contribution is -2.45. The lowest BCUT2D eigenvalue weighted by Gasteiger charge is -2.35. The minimum absolute atomic E-state index is 0.262. The summed E-state index contributed by atoms with van der Waals surface area (Å²) in [5.41, 5.74) is 2.58. The normalized spacial score (nSPS) is 19.1. The fraction of sp³-hybridized carbons (Fsp3) is 0.333. The van der Waals surface area contributed by atoms with E-state index in [1.165, 1.54) is 11.1 Å². The molecule has 1 fully saturated rings. The Bertz CT molecular complexity index is 639. The van der Waals surface area contributed by atoms with Crippen LogP contribution in [-0.2, 0) is 0 Å². The number of nitrogens with zero attached hydrogens (tertiary/aromatic N) is 1. The summed E-state index contributed by atoms with van der Waals surface area (Å²) in [5.74, 6) is 1.70. The molecule has 0 spiro atoms. The van der Waals surface area contributed by atoms with Crippen LogP contribution in [0, 0.1) is 0 Å². The Kier molecular flexibility index (Phi) is 3.70. The second kappa shape index (κ2) is 5.99. The van der Waals surface area contributed by atoms with Crippen molar-refractivity contribution >= 4 is 0 Å². The molecule has 4 nitrogen and oxygen atoms in total. The molecule has 1 atom stereocenters. The molecule has 2 heterocycles. The lowest BCUT2D eigenvalue weighted by atomic mass is 9.96. The smallest absolute Gasteiger partial charge is 0.231 e. The van der Waals surface area contributed by atoms with Crippen molar-refractivity contribution in [2.75, 3.05) is 33.0 Å². The second-order valence-electron chi connectivity index (χ2n) is 5.71. The standard InChI is InChI=1S/C18H20N2O2/c1-2-4-14(5-3-1)18(20-10-8-19-9-11-20)15-6-7-16-17(12-15)22-13-21-16/h1-7,12,18-19H,8-11,13H2. The van der Waals surface area contributed by atoms with Crippen molar-refractivity contribution in [3.63, 3.8) is 0 Å². The Balaban J connectivity index is 1.73. The van der Waals surface area contributed by atoms with Crippen molar-refractivity contribution in [3.05, 3.63) is 59.7 Å². The van der Waals surface area contributed by atoms with Crippen molar-refractivity contribution < 1.29 is 9.47 Å². The molecule has 22 heavy (non-hydrogen) atoms. The number of hydrogen-bond donors (Lipinski definition) is 1. The van der Waals surface area contributed by atoms with E-state index in [0.717, 1.165) is 37.7 Å². The van der Waals surface area contributed by atoms with Crippen LogP contribution in [-0.4, -0.2) is 37.9 Å². The van der Waals surface area contributed by atoms with Crippen LogP contribution in [0.5, 0.6) is 11.5 Å². The highest BCUT2D eigenvalue weighted by Crippen LogP contribution is 2.37. The molecule has 2 aromatic carbocycles. The predicted molar refractivity (Wildman–Crippen MR) is 85.3 cm³/mol. The molecule has 1 saturated heterocycles. The minimum Gasteiger partial charge on any atom is -0.454 e. The molecule has 0 saturated carbocycles. The van der Waals surface area contributed by atoms with Crippen molar-refractivity contribution in [1.82, 2.24) is 10.2 Å². The van der Waals surface area contributed by atoms with Crippen LogP contribution in [0.2, 0.25) is 0 Å². The minimum atomic E-state index is 0.262. The lowest BCUT2D eigenvalue weighted by molar-refractivity contribution is 0.173. The molecular formula is C18H20N2O2. The van der Waals surface area contributed by atoms with E-state index in [2.05, 4.69) is 52.7 Å². The SMILES string of the molecule is c1ccc(C(c2ccc3c(c2)OCO3)N2CCNCC2)cc1. The van der Waals surface area contributed by atoms with Crippen LogP contribution in [0.1, 0.15) is 17.2 Å². The quantitative estimate of drug-likeness (QED) is 0.943. The first-order valence-corrected chi connectivity index (χ1v) is 7.81. The molecule has 2 aliphatic heterocycles. The molecule has 1 N–H and O–H groups in total. The van der Waals surface area contributed by atoms with Crippen molar-refractivity contribution in [3.8, 4) is 11.5 Å². The van der Waals surface area contributed by atoms with Gasteiger partial charge in [-0.05, 0) is 23.3 Å². The van der Waals surface area contributed by atoms with E-state index in [1.54, 1.807) is 0 Å². The molecule has 0 radical (unpaired) electrons. The molecule has 114 valence electrons. The highest BCUT2D eigenvalue weighted by molar-refractivity contribution is 5.47. The largest absolute Gasteiger partial charge is 0.454 e. The van der Waals surface area contributed by atoms with Gasteiger partial charge in [0.15, 0.2) is 11.5 Å². The second-order valence-corrected chi connectivity index (χ2v) is 5.71. The Labute approximate surface area is 130 Å². The first-order chi connectivity index (χ1) is 10.9. The van der Waals surface area contributed by atoms with Gasteiger partial charge in [0.05, 0.1) is 6.04 Å². The fourth-order valence-corrected chi connectivity index (χ4v) is 3.27. The summed E-state index contributed by atoms with van der Waals surface area (Å²) in [5, 5.41) is 3.43. The van der Waals surface area contributed by atoms with Crippen LogP contribution < -0.4 is 14.8 Å². The number of hydrogen-bond acceptors (Lipinski definition) is 4. The average molecular weight is 296 g/mol. The van der Waals surface area contributed by atoms with Crippen LogP contribution >= 0.6 is 0 Å². The Hall–Kier alpha value is -2.04. The maximum absolute atomic E-state index is 5.56. The molecule has 0 aliphatic carbocycles. The Morgan fingerprint density at radius 2 is 1.64 bits per heavy atom. The van der Waals surface area contributed by atoms with E-state index in [4.69, 9.17) is 9.47 Å². The number of piperazine rings is 1. The molecule has 4 rings (SSSR count). The summed E-state index contributed by atoms with van der Waals surface area (Å²) in [6.07, 6.45) is 0. The maximum atomic E-state index is 5.56.